The summed E-state index contributed by atoms with van der Waals surface area (Å²) < 4.78 is 3.16. The van der Waals surface area contributed by atoms with Crippen LogP contribution in [0.25, 0.3) is 0 Å². The Kier molecular flexibility index (Phi) is 5.49. The molecule has 2 heterocycles. The van der Waals surface area contributed by atoms with Crippen LogP contribution < -0.4 is 5.32 Å². The SMILES string of the molecule is CNC(Cc1c(Br)c(C)nn1C)C(C)(C)N1CCCCC1. The molecule has 1 unspecified atom stereocenters. The summed E-state index contributed by atoms with van der Waals surface area (Å²) in [6.07, 6.45) is 5.02. The van der Waals surface area contributed by atoms with Crippen molar-refractivity contribution in [3.63, 3.8) is 0 Å². The third-order valence-corrected chi connectivity index (χ3v) is 6.06. The van der Waals surface area contributed by atoms with E-state index in [-0.39, 0.29) is 5.54 Å². The van der Waals surface area contributed by atoms with Crippen LogP contribution in [-0.2, 0) is 13.5 Å². The lowest BCUT2D eigenvalue weighted by Crippen LogP contribution is -2.59. The van der Waals surface area contributed by atoms with Gasteiger partial charge in [-0.25, -0.2) is 0 Å². The van der Waals surface area contributed by atoms with Crippen LogP contribution in [-0.4, -0.2) is 46.4 Å². The molecule has 1 fully saturated rings. The zero-order valence-corrected chi connectivity index (χ0v) is 15.6. The van der Waals surface area contributed by atoms with Crippen LogP contribution in [0.15, 0.2) is 4.47 Å². The van der Waals surface area contributed by atoms with Gasteiger partial charge < -0.3 is 5.32 Å². The number of likely N-dealkylation sites (tertiary alicyclic amines) is 1. The normalized spacial score (nSPS) is 19.0. The van der Waals surface area contributed by atoms with Gasteiger partial charge in [-0.3, -0.25) is 9.58 Å². The average molecular weight is 357 g/mol. The molecule has 0 amide bonds. The van der Waals surface area contributed by atoms with Crippen molar-refractivity contribution in [1.82, 2.24) is 20.0 Å². The maximum absolute atomic E-state index is 4.52. The van der Waals surface area contributed by atoms with Crippen molar-refractivity contribution in [2.45, 2.75) is 58.0 Å². The molecule has 1 aliphatic rings. The minimum absolute atomic E-state index is 0.146. The van der Waals surface area contributed by atoms with Crippen LogP contribution in [0.2, 0.25) is 0 Å². The molecule has 0 bridgehead atoms. The van der Waals surface area contributed by atoms with Crippen LogP contribution in [0.5, 0.6) is 0 Å². The van der Waals surface area contributed by atoms with Crippen molar-refractivity contribution in [3.05, 3.63) is 15.9 Å². The minimum atomic E-state index is 0.146. The molecular weight excluding hydrogens is 328 g/mol. The number of hydrogen-bond donors (Lipinski definition) is 1. The van der Waals surface area contributed by atoms with E-state index in [1.807, 2.05) is 11.7 Å². The topological polar surface area (TPSA) is 33.1 Å². The molecular formula is C16H29BrN4. The van der Waals surface area contributed by atoms with Gasteiger partial charge in [0.05, 0.1) is 15.9 Å². The molecule has 4 nitrogen and oxygen atoms in total. The van der Waals surface area contributed by atoms with E-state index >= 15 is 0 Å². The predicted molar refractivity (Wildman–Crippen MR) is 91.7 cm³/mol. The molecule has 1 atom stereocenters. The fraction of sp³-hybridized carbons (Fsp3) is 0.812. The van der Waals surface area contributed by atoms with Crippen LogP contribution in [0, 0.1) is 6.92 Å². The van der Waals surface area contributed by atoms with Gasteiger partial charge in [-0.2, -0.15) is 5.10 Å². The summed E-state index contributed by atoms with van der Waals surface area (Å²) in [5.74, 6) is 0. The highest BCUT2D eigenvalue weighted by Gasteiger charge is 2.36. The van der Waals surface area contributed by atoms with E-state index in [0.29, 0.717) is 6.04 Å². The summed E-state index contributed by atoms with van der Waals surface area (Å²) in [4.78, 5) is 2.65. The first kappa shape index (κ1) is 17.0. The van der Waals surface area contributed by atoms with Crippen molar-refractivity contribution in [2.24, 2.45) is 7.05 Å². The Balaban J connectivity index is 2.18. The number of halogens is 1. The van der Waals surface area contributed by atoms with Gasteiger partial charge in [-0.05, 0) is 69.7 Å². The zero-order chi connectivity index (χ0) is 15.6. The molecule has 21 heavy (non-hydrogen) atoms. The standard InChI is InChI=1S/C16H29BrN4/c1-12-15(17)13(20(5)19-12)11-14(18-4)16(2,3)21-9-7-6-8-10-21/h14,18H,6-11H2,1-5H3. The van der Waals surface area contributed by atoms with Gasteiger partial charge in [0, 0.05) is 25.0 Å². The number of nitrogens with zero attached hydrogens (tertiary/aromatic N) is 3. The van der Waals surface area contributed by atoms with E-state index < -0.39 is 0 Å². The number of rotatable bonds is 5. The third-order valence-electron chi connectivity index (χ3n) is 5.03. The highest BCUT2D eigenvalue weighted by molar-refractivity contribution is 9.10. The van der Waals surface area contributed by atoms with E-state index in [9.17, 15) is 0 Å². The largest absolute Gasteiger partial charge is 0.315 e. The number of piperidine rings is 1. The second-order valence-electron chi connectivity index (χ2n) is 6.72. The van der Waals surface area contributed by atoms with Crippen molar-refractivity contribution < 1.29 is 0 Å². The number of nitrogens with one attached hydrogen (secondary N) is 1. The van der Waals surface area contributed by atoms with Crippen molar-refractivity contribution in [3.8, 4) is 0 Å². The molecule has 0 spiro atoms. The molecule has 0 aliphatic carbocycles. The van der Waals surface area contributed by atoms with Gasteiger partial charge in [0.1, 0.15) is 0 Å². The summed E-state index contributed by atoms with van der Waals surface area (Å²) in [6.45, 7) is 9.23. The molecule has 0 saturated carbocycles. The van der Waals surface area contributed by atoms with Crippen LogP contribution >= 0.6 is 15.9 Å². The van der Waals surface area contributed by atoms with Gasteiger partial charge in [0.2, 0.25) is 0 Å². The number of aryl methyl sites for hydroxylation is 2. The van der Waals surface area contributed by atoms with E-state index in [1.165, 1.54) is 38.0 Å². The quantitative estimate of drug-likeness (QED) is 0.880. The van der Waals surface area contributed by atoms with Gasteiger partial charge in [-0.15, -0.1) is 0 Å². The maximum Gasteiger partial charge on any atom is 0.0738 e. The van der Waals surface area contributed by atoms with Crippen molar-refractivity contribution in [2.75, 3.05) is 20.1 Å². The van der Waals surface area contributed by atoms with Crippen molar-refractivity contribution >= 4 is 15.9 Å². The highest BCUT2D eigenvalue weighted by Crippen LogP contribution is 2.28. The van der Waals surface area contributed by atoms with Gasteiger partial charge in [0.15, 0.2) is 0 Å². The smallest absolute Gasteiger partial charge is 0.0738 e. The van der Waals surface area contributed by atoms with E-state index in [2.05, 4.69) is 59.1 Å². The van der Waals surface area contributed by atoms with Gasteiger partial charge in [0.25, 0.3) is 0 Å². The Morgan fingerprint density at radius 2 is 1.90 bits per heavy atom. The summed E-state index contributed by atoms with van der Waals surface area (Å²) in [5, 5.41) is 8.07. The Bertz CT molecular complexity index is 475. The zero-order valence-electron chi connectivity index (χ0n) is 14.0. The third kappa shape index (κ3) is 3.51. The lowest BCUT2D eigenvalue weighted by molar-refractivity contribution is 0.0629. The molecule has 1 N–H and O–H groups in total. The summed E-state index contributed by atoms with van der Waals surface area (Å²) in [5.41, 5.74) is 2.49. The monoisotopic (exact) mass is 356 g/mol. The molecule has 0 aromatic carbocycles. The fourth-order valence-corrected chi connectivity index (χ4v) is 3.99. The number of hydrogen-bond acceptors (Lipinski definition) is 3. The Morgan fingerprint density at radius 3 is 2.38 bits per heavy atom. The maximum atomic E-state index is 4.52. The van der Waals surface area contributed by atoms with Crippen LogP contribution in [0.4, 0.5) is 0 Å². The van der Waals surface area contributed by atoms with Gasteiger partial charge in [-0.1, -0.05) is 6.42 Å². The first-order valence-corrected chi connectivity index (χ1v) is 8.77. The lowest BCUT2D eigenvalue weighted by atomic mass is 9.87. The molecule has 2 rings (SSSR count). The second-order valence-corrected chi connectivity index (χ2v) is 7.51. The molecule has 1 aliphatic heterocycles. The van der Waals surface area contributed by atoms with Crippen LogP contribution in [0.3, 0.4) is 0 Å². The van der Waals surface area contributed by atoms with Gasteiger partial charge >= 0.3 is 0 Å². The second kappa shape index (κ2) is 6.80. The molecule has 1 aromatic rings. The fourth-order valence-electron chi connectivity index (χ4n) is 3.49. The summed E-state index contributed by atoms with van der Waals surface area (Å²) in [7, 11) is 4.11. The first-order chi connectivity index (χ1) is 9.87. The van der Waals surface area contributed by atoms with Crippen molar-refractivity contribution in [1.29, 1.82) is 0 Å². The molecule has 120 valence electrons. The average Bonchev–Trinajstić information content (AvgIpc) is 2.71. The Hall–Kier alpha value is -0.390. The number of likely N-dealkylation sites (N-methyl/N-ethyl adjacent to an activating group) is 1. The van der Waals surface area contributed by atoms with Crippen LogP contribution in [0.1, 0.15) is 44.5 Å². The molecule has 5 heteroatoms. The predicted octanol–water partition coefficient (Wildman–Crippen LogP) is 2.89. The van der Waals surface area contributed by atoms with E-state index in [1.54, 1.807) is 0 Å². The van der Waals surface area contributed by atoms with E-state index in [4.69, 9.17) is 0 Å². The summed E-state index contributed by atoms with van der Waals surface area (Å²) >= 11 is 3.70. The Labute approximate surface area is 137 Å². The highest BCUT2D eigenvalue weighted by atomic mass is 79.9. The van der Waals surface area contributed by atoms with E-state index in [0.717, 1.165) is 16.6 Å². The molecule has 0 radical (unpaired) electrons. The Morgan fingerprint density at radius 1 is 1.29 bits per heavy atom. The molecule has 1 saturated heterocycles. The molecule has 1 aromatic heterocycles. The summed E-state index contributed by atoms with van der Waals surface area (Å²) in [6, 6.07) is 0.404. The lowest BCUT2D eigenvalue weighted by Gasteiger charge is -2.46. The number of aromatic nitrogens is 2. The first-order valence-electron chi connectivity index (χ1n) is 7.98. The minimum Gasteiger partial charge on any atom is -0.315 e.